The van der Waals surface area contributed by atoms with Crippen LogP contribution < -0.4 is 0 Å². The predicted molar refractivity (Wildman–Crippen MR) is 85.3 cm³/mol. The molecule has 1 unspecified atom stereocenters. The molecule has 0 N–H and O–H groups in total. The van der Waals surface area contributed by atoms with E-state index in [-0.39, 0.29) is 18.0 Å². The van der Waals surface area contributed by atoms with Gasteiger partial charge in [0.15, 0.2) is 0 Å². The third kappa shape index (κ3) is 2.93. The molecule has 25 heavy (non-hydrogen) atoms. The number of amides is 2. The first-order valence-corrected chi connectivity index (χ1v) is 8.80. The molecule has 3 aliphatic rings. The van der Waals surface area contributed by atoms with Crippen molar-refractivity contribution < 1.29 is 22.8 Å². The second kappa shape index (κ2) is 5.54. The van der Waals surface area contributed by atoms with E-state index in [9.17, 15) is 18.4 Å². The topological polar surface area (TPSA) is 53.8 Å². The third-order valence-electron chi connectivity index (χ3n) is 5.67. The average molecular weight is 352 g/mol. The van der Waals surface area contributed by atoms with Gasteiger partial charge in [0.1, 0.15) is 5.76 Å². The highest BCUT2D eigenvalue weighted by molar-refractivity contribution is 5.96. The molecule has 1 aromatic heterocycles. The van der Waals surface area contributed by atoms with Crippen LogP contribution in [0.2, 0.25) is 0 Å². The lowest BCUT2D eigenvalue weighted by Gasteiger charge is -2.42. The van der Waals surface area contributed by atoms with Gasteiger partial charge in [-0.2, -0.15) is 0 Å². The fourth-order valence-corrected chi connectivity index (χ4v) is 4.22. The van der Waals surface area contributed by atoms with Crippen LogP contribution in [0.1, 0.15) is 41.8 Å². The van der Waals surface area contributed by atoms with Crippen molar-refractivity contribution in [2.75, 3.05) is 26.2 Å². The van der Waals surface area contributed by atoms with E-state index in [2.05, 4.69) is 0 Å². The zero-order valence-corrected chi connectivity index (χ0v) is 14.3. The van der Waals surface area contributed by atoms with E-state index in [0.717, 1.165) is 17.7 Å². The Morgan fingerprint density at radius 1 is 1.36 bits per heavy atom. The van der Waals surface area contributed by atoms with Gasteiger partial charge in [0.25, 0.3) is 11.8 Å². The van der Waals surface area contributed by atoms with Crippen LogP contribution in [-0.4, -0.2) is 53.7 Å². The van der Waals surface area contributed by atoms with Gasteiger partial charge >= 0.3 is 0 Å². The molecule has 3 fully saturated rings. The maximum atomic E-state index is 14.4. The molecule has 136 valence electrons. The number of carbonyl (C=O) groups is 2. The number of rotatable bonds is 3. The summed E-state index contributed by atoms with van der Waals surface area (Å²) in [5, 5.41) is 0. The Balaban J connectivity index is 1.58. The number of alkyl halides is 2. The van der Waals surface area contributed by atoms with Crippen LogP contribution in [0.25, 0.3) is 0 Å². The highest BCUT2D eigenvalue weighted by Gasteiger charge is 2.58. The standard InChI is InChI=1S/C18H22F2N2O3/c1-12-14(4-7-25-12)15(23)22-10-17(9-18(19,20)11-22)5-6-21(16(17)24)8-13-2-3-13/h4,7,13H,2-3,5-6,8-11H2,1H3. The fourth-order valence-electron chi connectivity index (χ4n) is 4.22. The lowest BCUT2D eigenvalue weighted by molar-refractivity contribution is -0.151. The van der Waals surface area contributed by atoms with Crippen molar-refractivity contribution >= 4 is 11.8 Å². The number of halogens is 2. The smallest absolute Gasteiger partial charge is 0.266 e. The lowest BCUT2D eigenvalue weighted by atomic mass is 9.76. The van der Waals surface area contributed by atoms with Crippen LogP contribution in [0.5, 0.6) is 0 Å². The number of hydrogen-bond acceptors (Lipinski definition) is 3. The van der Waals surface area contributed by atoms with E-state index in [1.54, 1.807) is 11.8 Å². The molecule has 2 aliphatic heterocycles. The summed E-state index contributed by atoms with van der Waals surface area (Å²) in [6.45, 7) is 2.22. The second-order valence-electron chi connectivity index (χ2n) is 7.81. The first kappa shape index (κ1) is 16.5. The number of nitrogens with zero attached hydrogens (tertiary/aromatic N) is 2. The molecule has 2 saturated heterocycles. The van der Waals surface area contributed by atoms with Crippen LogP contribution in [0, 0.1) is 18.3 Å². The summed E-state index contributed by atoms with van der Waals surface area (Å²) in [4.78, 5) is 28.5. The van der Waals surface area contributed by atoms with Crippen LogP contribution in [0.3, 0.4) is 0 Å². The third-order valence-corrected chi connectivity index (χ3v) is 5.67. The molecule has 4 rings (SSSR count). The van der Waals surface area contributed by atoms with Crippen molar-refractivity contribution in [2.24, 2.45) is 11.3 Å². The summed E-state index contributed by atoms with van der Waals surface area (Å²) in [7, 11) is 0. The summed E-state index contributed by atoms with van der Waals surface area (Å²) in [6.07, 6.45) is 3.52. The quantitative estimate of drug-likeness (QED) is 0.840. The molecular formula is C18H22F2N2O3. The highest BCUT2D eigenvalue weighted by Crippen LogP contribution is 2.47. The number of furan rings is 1. The summed E-state index contributed by atoms with van der Waals surface area (Å²) in [5.41, 5.74) is -0.864. The van der Waals surface area contributed by atoms with Crippen LogP contribution in [-0.2, 0) is 4.79 Å². The maximum Gasteiger partial charge on any atom is 0.266 e. The minimum absolute atomic E-state index is 0.0616. The molecule has 0 radical (unpaired) electrons. The van der Waals surface area contributed by atoms with E-state index in [1.807, 2.05) is 0 Å². The monoisotopic (exact) mass is 352 g/mol. The molecule has 1 aliphatic carbocycles. The van der Waals surface area contributed by atoms with Gasteiger partial charge in [0.2, 0.25) is 5.91 Å². The van der Waals surface area contributed by atoms with Crippen molar-refractivity contribution in [3.05, 3.63) is 23.7 Å². The summed E-state index contributed by atoms with van der Waals surface area (Å²) < 4.78 is 34.0. The predicted octanol–water partition coefficient (Wildman–Crippen LogP) is 2.70. The van der Waals surface area contributed by atoms with E-state index in [4.69, 9.17) is 4.42 Å². The van der Waals surface area contributed by atoms with Crippen molar-refractivity contribution in [3.8, 4) is 0 Å². The number of piperidine rings is 1. The van der Waals surface area contributed by atoms with Crippen molar-refractivity contribution in [1.29, 1.82) is 0 Å². The molecule has 5 nitrogen and oxygen atoms in total. The van der Waals surface area contributed by atoms with E-state index in [1.165, 1.54) is 12.3 Å². The van der Waals surface area contributed by atoms with Gasteiger partial charge in [0.05, 0.1) is 23.8 Å². The first-order chi connectivity index (χ1) is 11.8. The maximum absolute atomic E-state index is 14.4. The van der Waals surface area contributed by atoms with Crippen LogP contribution in [0.15, 0.2) is 16.7 Å². The summed E-state index contributed by atoms with van der Waals surface area (Å²) in [5.74, 6) is -2.83. The van der Waals surface area contributed by atoms with Gasteiger partial charge in [-0.1, -0.05) is 0 Å². The zero-order chi connectivity index (χ0) is 17.8. The highest BCUT2D eigenvalue weighted by atomic mass is 19.3. The number of carbonyl (C=O) groups excluding carboxylic acids is 2. The Kier molecular flexibility index (Phi) is 3.67. The average Bonchev–Trinajstić information content (AvgIpc) is 3.20. The minimum atomic E-state index is -3.06. The Morgan fingerprint density at radius 2 is 2.12 bits per heavy atom. The van der Waals surface area contributed by atoms with Gasteiger partial charge in [-0.05, 0) is 38.2 Å². The Morgan fingerprint density at radius 3 is 2.76 bits per heavy atom. The first-order valence-electron chi connectivity index (χ1n) is 8.80. The van der Waals surface area contributed by atoms with Gasteiger partial charge in [0, 0.05) is 26.1 Å². The Hall–Kier alpha value is -1.92. The summed E-state index contributed by atoms with van der Waals surface area (Å²) in [6, 6.07) is 1.49. The minimum Gasteiger partial charge on any atom is -0.469 e. The second-order valence-corrected chi connectivity index (χ2v) is 7.81. The number of hydrogen-bond donors (Lipinski definition) is 0. The van der Waals surface area contributed by atoms with Crippen molar-refractivity contribution in [2.45, 2.75) is 38.5 Å². The molecule has 0 bridgehead atoms. The molecule has 3 heterocycles. The van der Waals surface area contributed by atoms with Crippen LogP contribution in [0.4, 0.5) is 8.78 Å². The SMILES string of the molecule is Cc1occc1C(=O)N1CC(F)(F)CC2(CCN(CC3CC3)C2=O)C1. The normalized spacial score (nSPS) is 28.8. The van der Waals surface area contributed by atoms with Crippen molar-refractivity contribution in [3.63, 3.8) is 0 Å². The van der Waals surface area contributed by atoms with Gasteiger partial charge < -0.3 is 14.2 Å². The molecule has 2 amide bonds. The zero-order valence-electron chi connectivity index (χ0n) is 14.3. The van der Waals surface area contributed by atoms with E-state index >= 15 is 0 Å². The fraction of sp³-hybridized carbons (Fsp3) is 0.667. The van der Waals surface area contributed by atoms with E-state index < -0.39 is 30.2 Å². The number of aryl methyl sites for hydroxylation is 1. The van der Waals surface area contributed by atoms with Crippen molar-refractivity contribution in [1.82, 2.24) is 9.80 Å². The number of likely N-dealkylation sites (tertiary alicyclic amines) is 2. The molecule has 1 spiro atoms. The Bertz CT molecular complexity index is 713. The van der Waals surface area contributed by atoms with Gasteiger partial charge in [-0.25, -0.2) is 8.78 Å². The molecule has 0 aromatic carbocycles. The molecule has 1 saturated carbocycles. The Labute approximate surface area is 144 Å². The lowest BCUT2D eigenvalue weighted by Crippen LogP contribution is -2.57. The molecule has 1 atom stereocenters. The molecule has 1 aromatic rings. The summed E-state index contributed by atoms with van der Waals surface area (Å²) >= 11 is 0. The molecular weight excluding hydrogens is 330 g/mol. The largest absolute Gasteiger partial charge is 0.469 e. The van der Waals surface area contributed by atoms with Gasteiger partial charge in [-0.3, -0.25) is 9.59 Å². The van der Waals surface area contributed by atoms with Gasteiger partial charge in [-0.15, -0.1) is 0 Å². The van der Waals surface area contributed by atoms with E-state index in [0.29, 0.717) is 31.2 Å². The van der Waals surface area contributed by atoms with Crippen LogP contribution >= 0.6 is 0 Å². The molecule has 7 heteroatoms.